The fraction of sp³-hybridized carbons (Fsp3) is 0.200. The van der Waals surface area contributed by atoms with Gasteiger partial charge in [-0.05, 0) is 25.5 Å². The number of anilines is 1. The van der Waals surface area contributed by atoms with Crippen LogP contribution in [0.25, 0.3) is 11.3 Å². The van der Waals surface area contributed by atoms with Crippen molar-refractivity contribution in [1.29, 1.82) is 0 Å². The van der Waals surface area contributed by atoms with Gasteiger partial charge in [0, 0.05) is 10.9 Å². The molecule has 1 amide bonds. The molecule has 0 bridgehead atoms. The molecule has 0 saturated heterocycles. The summed E-state index contributed by atoms with van der Waals surface area (Å²) in [4.78, 5) is 17.0. The number of nitrogens with zero attached hydrogens (tertiary/aromatic N) is 1. The maximum atomic E-state index is 12.5. The molecule has 1 heterocycles. The van der Waals surface area contributed by atoms with Crippen molar-refractivity contribution >= 4 is 22.4 Å². The van der Waals surface area contributed by atoms with Gasteiger partial charge in [0.25, 0.3) is 5.91 Å². The number of thiazole rings is 1. The summed E-state index contributed by atoms with van der Waals surface area (Å²) in [5.74, 6) is 0.500. The van der Waals surface area contributed by atoms with Crippen LogP contribution in [-0.4, -0.2) is 17.0 Å². The van der Waals surface area contributed by atoms with Crippen LogP contribution in [0.4, 0.5) is 5.13 Å². The number of rotatable bonds is 6. The summed E-state index contributed by atoms with van der Waals surface area (Å²) in [6.07, 6.45) is 0.0332. The molecule has 0 aliphatic rings. The Balaban J connectivity index is 1.67. The number of aryl methyl sites for hydroxylation is 1. The lowest BCUT2D eigenvalue weighted by molar-refractivity contribution is -0.122. The smallest absolute Gasteiger partial charge is 0.267 e. The summed E-state index contributed by atoms with van der Waals surface area (Å²) < 4.78 is 5.77. The molecular formula is C20H20N2O2S. The quantitative estimate of drug-likeness (QED) is 0.685. The van der Waals surface area contributed by atoms with E-state index in [1.807, 2.05) is 73.8 Å². The normalized spacial score (nSPS) is 11.8. The molecule has 1 atom stereocenters. The van der Waals surface area contributed by atoms with Crippen LogP contribution in [0.15, 0.2) is 60.0 Å². The first-order chi connectivity index (χ1) is 12.2. The monoisotopic (exact) mass is 352 g/mol. The van der Waals surface area contributed by atoms with E-state index < -0.39 is 6.10 Å². The summed E-state index contributed by atoms with van der Waals surface area (Å²) in [5, 5.41) is 5.38. The van der Waals surface area contributed by atoms with Crippen molar-refractivity contribution in [2.24, 2.45) is 0 Å². The van der Waals surface area contributed by atoms with Crippen molar-refractivity contribution in [2.75, 3.05) is 5.32 Å². The fourth-order valence-corrected chi connectivity index (χ4v) is 3.08. The van der Waals surface area contributed by atoms with Gasteiger partial charge in [-0.2, -0.15) is 0 Å². The van der Waals surface area contributed by atoms with Crippen molar-refractivity contribution in [3.63, 3.8) is 0 Å². The first-order valence-corrected chi connectivity index (χ1v) is 9.09. The van der Waals surface area contributed by atoms with Crippen LogP contribution in [0.2, 0.25) is 0 Å². The van der Waals surface area contributed by atoms with E-state index in [1.165, 1.54) is 16.9 Å². The Labute approximate surface area is 151 Å². The van der Waals surface area contributed by atoms with E-state index in [2.05, 4.69) is 10.3 Å². The maximum Gasteiger partial charge on any atom is 0.267 e. The number of para-hydroxylation sites is 1. The second-order valence-electron chi connectivity index (χ2n) is 5.72. The second-order valence-corrected chi connectivity index (χ2v) is 6.58. The molecule has 0 aliphatic carbocycles. The molecule has 3 rings (SSSR count). The van der Waals surface area contributed by atoms with E-state index in [0.717, 1.165) is 11.3 Å². The minimum Gasteiger partial charge on any atom is -0.481 e. The molecule has 25 heavy (non-hydrogen) atoms. The van der Waals surface area contributed by atoms with Crippen molar-refractivity contribution in [3.8, 4) is 17.0 Å². The third-order valence-corrected chi connectivity index (χ3v) is 4.52. The van der Waals surface area contributed by atoms with Crippen LogP contribution in [0.3, 0.4) is 0 Å². The molecule has 3 aromatic rings. The van der Waals surface area contributed by atoms with Gasteiger partial charge in [0.05, 0.1) is 5.69 Å². The molecule has 0 unspecified atom stereocenters. The zero-order valence-electron chi connectivity index (χ0n) is 14.2. The minimum atomic E-state index is -0.547. The topological polar surface area (TPSA) is 51.2 Å². The van der Waals surface area contributed by atoms with Crippen molar-refractivity contribution in [3.05, 3.63) is 65.5 Å². The number of aromatic nitrogens is 1. The first kappa shape index (κ1) is 17.2. The third-order valence-electron chi connectivity index (χ3n) is 3.77. The number of nitrogens with one attached hydrogen (secondary N) is 1. The number of benzene rings is 2. The summed E-state index contributed by atoms with van der Waals surface area (Å²) >= 11 is 1.41. The van der Waals surface area contributed by atoms with E-state index in [-0.39, 0.29) is 5.91 Å². The van der Waals surface area contributed by atoms with Gasteiger partial charge >= 0.3 is 0 Å². The number of carbonyl (C=O) groups is 1. The Morgan fingerprint density at radius 1 is 1.16 bits per heavy atom. The van der Waals surface area contributed by atoms with Crippen LogP contribution in [-0.2, 0) is 4.79 Å². The van der Waals surface area contributed by atoms with Gasteiger partial charge < -0.3 is 4.74 Å². The molecule has 2 aromatic carbocycles. The molecule has 0 saturated carbocycles. The average molecular weight is 352 g/mol. The summed E-state index contributed by atoms with van der Waals surface area (Å²) in [7, 11) is 0. The van der Waals surface area contributed by atoms with Crippen LogP contribution in [0.5, 0.6) is 5.75 Å². The highest BCUT2D eigenvalue weighted by Gasteiger charge is 2.19. The van der Waals surface area contributed by atoms with E-state index in [4.69, 9.17) is 4.74 Å². The van der Waals surface area contributed by atoms with Gasteiger partial charge in [-0.3, -0.25) is 10.1 Å². The molecule has 0 aliphatic heterocycles. The predicted octanol–water partition coefficient (Wildman–Crippen LogP) is 4.91. The van der Waals surface area contributed by atoms with Crippen molar-refractivity contribution in [2.45, 2.75) is 26.4 Å². The van der Waals surface area contributed by atoms with Crippen LogP contribution >= 0.6 is 11.3 Å². The van der Waals surface area contributed by atoms with Gasteiger partial charge in [-0.25, -0.2) is 4.98 Å². The molecule has 1 N–H and O–H groups in total. The van der Waals surface area contributed by atoms with Crippen LogP contribution in [0, 0.1) is 6.92 Å². The number of carbonyl (C=O) groups excluding carboxylic acids is 1. The highest BCUT2D eigenvalue weighted by molar-refractivity contribution is 7.14. The van der Waals surface area contributed by atoms with Gasteiger partial charge in [-0.1, -0.05) is 55.0 Å². The first-order valence-electron chi connectivity index (χ1n) is 8.21. The Morgan fingerprint density at radius 3 is 2.56 bits per heavy atom. The van der Waals surface area contributed by atoms with E-state index >= 15 is 0 Å². The van der Waals surface area contributed by atoms with Gasteiger partial charge in [0.15, 0.2) is 11.2 Å². The van der Waals surface area contributed by atoms with Gasteiger partial charge in [-0.15, -0.1) is 11.3 Å². The summed E-state index contributed by atoms with van der Waals surface area (Å²) in [6.45, 7) is 3.97. The van der Waals surface area contributed by atoms with E-state index in [0.29, 0.717) is 17.3 Å². The lowest BCUT2D eigenvalue weighted by Crippen LogP contribution is -2.32. The number of amides is 1. The van der Waals surface area contributed by atoms with Crippen LogP contribution in [0.1, 0.15) is 18.9 Å². The molecule has 4 nitrogen and oxygen atoms in total. The lowest BCUT2D eigenvalue weighted by Gasteiger charge is -2.16. The highest BCUT2D eigenvalue weighted by Crippen LogP contribution is 2.25. The summed E-state index contributed by atoms with van der Waals surface area (Å²) in [6, 6.07) is 17.5. The molecule has 0 fully saturated rings. The molecule has 5 heteroatoms. The van der Waals surface area contributed by atoms with E-state index in [1.54, 1.807) is 0 Å². The standard InChI is InChI=1S/C20H20N2O2S/c1-3-18(24-16-7-5-4-6-8-16)19(23)22-20-21-17(13-25-20)15-11-9-14(2)10-12-15/h4-13,18H,3H2,1-2H3,(H,21,22,23)/t18-/m0/s1. The molecule has 0 radical (unpaired) electrons. The average Bonchev–Trinajstić information content (AvgIpc) is 3.09. The predicted molar refractivity (Wildman–Crippen MR) is 102 cm³/mol. The van der Waals surface area contributed by atoms with Gasteiger partial charge in [0.1, 0.15) is 5.75 Å². The maximum absolute atomic E-state index is 12.5. The molecule has 1 aromatic heterocycles. The Bertz CT molecular complexity index is 828. The lowest BCUT2D eigenvalue weighted by atomic mass is 10.1. The second kappa shape index (κ2) is 7.94. The fourth-order valence-electron chi connectivity index (χ4n) is 2.36. The summed E-state index contributed by atoms with van der Waals surface area (Å²) in [5.41, 5.74) is 3.10. The number of hydrogen-bond donors (Lipinski definition) is 1. The molecular weight excluding hydrogens is 332 g/mol. The Hall–Kier alpha value is -2.66. The highest BCUT2D eigenvalue weighted by atomic mass is 32.1. The SMILES string of the molecule is CC[C@H](Oc1ccccc1)C(=O)Nc1nc(-c2ccc(C)cc2)cs1. The Kier molecular flexibility index (Phi) is 5.46. The zero-order chi connectivity index (χ0) is 17.6. The number of hydrogen-bond acceptors (Lipinski definition) is 4. The van der Waals surface area contributed by atoms with Gasteiger partial charge in [0.2, 0.25) is 0 Å². The van der Waals surface area contributed by atoms with E-state index in [9.17, 15) is 4.79 Å². The Morgan fingerprint density at radius 2 is 1.88 bits per heavy atom. The number of ether oxygens (including phenoxy) is 1. The van der Waals surface area contributed by atoms with Crippen LogP contribution < -0.4 is 10.1 Å². The molecule has 0 spiro atoms. The third kappa shape index (κ3) is 4.45. The van der Waals surface area contributed by atoms with Crippen molar-refractivity contribution in [1.82, 2.24) is 4.98 Å². The zero-order valence-corrected chi connectivity index (χ0v) is 15.0. The molecule has 128 valence electrons. The largest absolute Gasteiger partial charge is 0.481 e. The van der Waals surface area contributed by atoms with Crippen molar-refractivity contribution < 1.29 is 9.53 Å². The minimum absolute atomic E-state index is 0.184.